The van der Waals surface area contributed by atoms with Crippen molar-refractivity contribution < 1.29 is 4.79 Å². The number of thiocarbonyl (C=S) groups is 1. The number of carbonyl (C=O) groups is 1. The zero-order valence-electron chi connectivity index (χ0n) is 20.2. The summed E-state index contributed by atoms with van der Waals surface area (Å²) >= 11 is 6.22. The van der Waals surface area contributed by atoms with Crippen molar-refractivity contribution in [3.8, 4) is 0 Å². The summed E-state index contributed by atoms with van der Waals surface area (Å²) in [4.78, 5) is 15.1. The summed E-state index contributed by atoms with van der Waals surface area (Å²) in [6.07, 6.45) is 2.48. The average molecular weight is 485 g/mol. The van der Waals surface area contributed by atoms with Crippen LogP contribution >= 0.6 is 12.2 Å². The predicted molar refractivity (Wildman–Crippen MR) is 152 cm³/mol. The first-order valence-electron chi connectivity index (χ1n) is 12.4. The van der Waals surface area contributed by atoms with Crippen LogP contribution in [0.25, 0.3) is 0 Å². The fourth-order valence-electron chi connectivity index (χ4n) is 4.86. The van der Waals surface area contributed by atoms with Crippen molar-refractivity contribution in [3.05, 3.63) is 166 Å². The van der Waals surface area contributed by atoms with Gasteiger partial charge in [-0.2, -0.15) is 0 Å². The van der Waals surface area contributed by atoms with Crippen molar-refractivity contribution in [1.82, 2.24) is 0 Å². The molecule has 0 radical (unpaired) electrons. The Morgan fingerprint density at radius 2 is 0.639 bits per heavy atom. The van der Waals surface area contributed by atoms with E-state index in [-0.39, 0.29) is 5.78 Å². The quantitative estimate of drug-likeness (QED) is 0.241. The van der Waals surface area contributed by atoms with Crippen LogP contribution in [0.3, 0.4) is 0 Å². The fraction of sp³-hybridized carbons (Fsp3) is 0.118. The van der Waals surface area contributed by atoms with Crippen LogP contribution in [0.1, 0.15) is 22.3 Å². The Kier molecular flexibility index (Phi) is 7.44. The van der Waals surface area contributed by atoms with Crippen molar-refractivity contribution >= 4 is 22.9 Å². The van der Waals surface area contributed by atoms with Gasteiger partial charge >= 0.3 is 0 Å². The molecule has 1 aliphatic carbocycles. The Hall–Kier alpha value is -3.88. The molecule has 0 saturated heterocycles. The molecule has 36 heavy (non-hydrogen) atoms. The van der Waals surface area contributed by atoms with Crippen molar-refractivity contribution in [1.29, 1.82) is 0 Å². The molecule has 0 spiro atoms. The lowest BCUT2D eigenvalue weighted by Crippen LogP contribution is -2.27. The zero-order chi connectivity index (χ0) is 24.7. The van der Waals surface area contributed by atoms with E-state index in [1.807, 2.05) is 72.8 Å². The number of hydrogen-bond donors (Lipinski definition) is 0. The van der Waals surface area contributed by atoms with Gasteiger partial charge in [0.2, 0.25) is 0 Å². The molecule has 2 heteroatoms. The molecule has 0 saturated carbocycles. The minimum absolute atomic E-state index is 0.133. The minimum Gasteiger partial charge on any atom is -0.289 e. The van der Waals surface area contributed by atoms with Crippen LogP contribution in [0.2, 0.25) is 0 Å². The third-order valence-corrected chi connectivity index (χ3v) is 7.21. The topological polar surface area (TPSA) is 17.1 Å². The molecule has 4 aromatic rings. The SMILES string of the molecule is O=C1C(Cc2ccccc2)=C(Cc2ccccc2)C(=S)C(Cc2ccccc2)=C1Cc1ccccc1. The van der Waals surface area contributed by atoms with Crippen LogP contribution in [-0.2, 0) is 30.5 Å². The van der Waals surface area contributed by atoms with E-state index < -0.39 is 0 Å². The number of carbonyl (C=O) groups excluding carboxylic acids is 1. The van der Waals surface area contributed by atoms with Gasteiger partial charge in [-0.15, -0.1) is 0 Å². The van der Waals surface area contributed by atoms with Crippen LogP contribution in [-0.4, -0.2) is 10.6 Å². The fourth-order valence-corrected chi connectivity index (χ4v) is 5.25. The Morgan fingerprint density at radius 1 is 0.389 bits per heavy atom. The lowest BCUT2D eigenvalue weighted by molar-refractivity contribution is -0.112. The van der Waals surface area contributed by atoms with Crippen LogP contribution in [0.15, 0.2) is 144 Å². The van der Waals surface area contributed by atoms with E-state index in [0.717, 1.165) is 38.3 Å². The molecule has 4 aromatic carbocycles. The summed E-state index contributed by atoms with van der Waals surface area (Å²) in [6.45, 7) is 0. The van der Waals surface area contributed by atoms with Gasteiger partial charge in [-0.1, -0.05) is 134 Å². The Balaban J connectivity index is 1.62. The van der Waals surface area contributed by atoms with E-state index in [1.54, 1.807) is 0 Å². The highest BCUT2D eigenvalue weighted by Gasteiger charge is 2.32. The third kappa shape index (κ3) is 5.50. The molecule has 0 atom stereocenters. The van der Waals surface area contributed by atoms with Crippen LogP contribution < -0.4 is 0 Å². The highest BCUT2D eigenvalue weighted by molar-refractivity contribution is 7.81. The van der Waals surface area contributed by atoms with Gasteiger partial charge in [0, 0.05) is 28.9 Å². The van der Waals surface area contributed by atoms with E-state index in [9.17, 15) is 4.79 Å². The molecular weight excluding hydrogens is 456 g/mol. The second-order valence-corrected chi connectivity index (χ2v) is 9.63. The molecule has 1 aliphatic rings. The van der Waals surface area contributed by atoms with E-state index in [4.69, 9.17) is 12.2 Å². The molecule has 0 aliphatic heterocycles. The largest absolute Gasteiger partial charge is 0.289 e. The first-order chi connectivity index (χ1) is 17.7. The number of hydrogen-bond acceptors (Lipinski definition) is 2. The maximum atomic E-state index is 14.3. The number of allylic oxidation sites excluding steroid dienone is 4. The summed E-state index contributed by atoms with van der Waals surface area (Å²) in [5.74, 6) is 0.133. The van der Waals surface area contributed by atoms with Gasteiger partial charge in [0.25, 0.3) is 0 Å². The lowest BCUT2D eigenvalue weighted by atomic mass is 9.77. The van der Waals surface area contributed by atoms with Gasteiger partial charge in [-0.25, -0.2) is 0 Å². The molecule has 0 heterocycles. The number of ketones is 1. The normalized spacial score (nSPS) is 13.9. The standard InChI is InChI=1S/C34H28OS/c35-33-29(21-25-13-5-1-6-14-25)31(23-27-17-9-3-10-18-27)34(36)32(24-28-19-11-4-12-20-28)30(33)22-26-15-7-2-8-16-26/h1-20H,21-24H2. The van der Waals surface area contributed by atoms with Gasteiger partial charge in [0.05, 0.1) is 0 Å². The number of Topliss-reactive ketones (excluding diaryl/α,β-unsaturated/α-hetero) is 1. The predicted octanol–water partition coefficient (Wildman–Crippen LogP) is 7.50. The molecule has 0 fully saturated rings. The van der Waals surface area contributed by atoms with Gasteiger partial charge < -0.3 is 0 Å². The Bertz CT molecular complexity index is 1200. The molecule has 176 valence electrons. The summed E-state index contributed by atoms with van der Waals surface area (Å²) < 4.78 is 0. The van der Waals surface area contributed by atoms with Crippen LogP contribution in [0.5, 0.6) is 0 Å². The maximum absolute atomic E-state index is 14.3. The third-order valence-electron chi connectivity index (χ3n) is 6.72. The first kappa shape index (κ1) is 23.8. The lowest BCUT2D eigenvalue weighted by Gasteiger charge is -2.27. The van der Waals surface area contributed by atoms with Crippen LogP contribution in [0, 0.1) is 0 Å². The molecule has 5 rings (SSSR count). The van der Waals surface area contributed by atoms with Gasteiger partial charge in [-0.05, 0) is 46.2 Å². The summed E-state index contributed by atoms with van der Waals surface area (Å²) in [5, 5.41) is 0. The second kappa shape index (κ2) is 11.2. The second-order valence-electron chi connectivity index (χ2n) is 9.22. The molecule has 0 bridgehead atoms. The van der Waals surface area contributed by atoms with E-state index in [1.165, 1.54) is 11.1 Å². The van der Waals surface area contributed by atoms with Crippen molar-refractivity contribution in [3.63, 3.8) is 0 Å². The van der Waals surface area contributed by atoms with E-state index in [0.29, 0.717) is 25.7 Å². The van der Waals surface area contributed by atoms with Crippen LogP contribution in [0.4, 0.5) is 0 Å². The van der Waals surface area contributed by atoms with E-state index in [2.05, 4.69) is 48.5 Å². The Labute approximate surface area is 218 Å². The molecule has 0 aromatic heterocycles. The van der Waals surface area contributed by atoms with Crippen molar-refractivity contribution in [2.45, 2.75) is 25.7 Å². The first-order valence-corrected chi connectivity index (χ1v) is 12.8. The smallest absolute Gasteiger partial charge is 0.186 e. The van der Waals surface area contributed by atoms with Gasteiger partial charge in [0.1, 0.15) is 0 Å². The van der Waals surface area contributed by atoms with Gasteiger partial charge in [0.15, 0.2) is 5.78 Å². The Morgan fingerprint density at radius 3 is 0.917 bits per heavy atom. The minimum atomic E-state index is 0.133. The maximum Gasteiger partial charge on any atom is 0.186 e. The van der Waals surface area contributed by atoms with Gasteiger partial charge in [-0.3, -0.25) is 4.79 Å². The summed E-state index contributed by atoms with van der Waals surface area (Å²) in [5.41, 5.74) is 8.23. The molecule has 1 nitrogen and oxygen atoms in total. The summed E-state index contributed by atoms with van der Waals surface area (Å²) in [7, 11) is 0. The van der Waals surface area contributed by atoms with Crippen molar-refractivity contribution in [2.75, 3.05) is 0 Å². The monoisotopic (exact) mass is 484 g/mol. The highest BCUT2D eigenvalue weighted by atomic mass is 32.1. The highest BCUT2D eigenvalue weighted by Crippen LogP contribution is 2.34. The van der Waals surface area contributed by atoms with Crippen molar-refractivity contribution in [2.24, 2.45) is 0 Å². The summed E-state index contributed by atoms with van der Waals surface area (Å²) in [6, 6.07) is 41.1. The molecule has 0 N–H and O–H groups in total. The van der Waals surface area contributed by atoms with E-state index >= 15 is 0 Å². The molecule has 0 unspecified atom stereocenters. The average Bonchev–Trinajstić information content (AvgIpc) is 2.93. The zero-order valence-corrected chi connectivity index (χ0v) is 21.0. The number of rotatable bonds is 8. The molecule has 0 amide bonds. The molecular formula is C34H28OS. The number of benzene rings is 4.